The van der Waals surface area contributed by atoms with Gasteiger partial charge in [0.05, 0.1) is 0 Å². The van der Waals surface area contributed by atoms with Crippen LogP contribution in [0.3, 0.4) is 0 Å². The monoisotopic (exact) mass is 747 g/mol. The van der Waals surface area contributed by atoms with Crippen molar-refractivity contribution >= 4 is 75.4 Å². The zero-order chi connectivity index (χ0) is 37.5. The Morgan fingerprint density at radius 2 is 0.912 bits per heavy atom. The lowest BCUT2D eigenvalue weighted by atomic mass is 9.94. The minimum absolute atomic E-state index is 0.591. The SMILES string of the molecule is c1ccc(-c2nc(-c3ccc(-c4ccc(-c5ccc6c(c5)sc5ccccc56)c5c4oc4ccccc45)cc3)nc(-c3cccc4oc5ccccc5c34)n2)cc1. The van der Waals surface area contributed by atoms with Gasteiger partial charge in [0.15, 0.2) is 17.5 Å². The zero-order valence-corrected chi connectivity index (χ0v) is 31.1. The van der Waals surface area contributed by atoms with E-state index in [0.29, 0.717) is 17.5 Å². The third-order valence-corrected chi connectivity index (χ3v) is 12.1. The Balaban J connectivity index is 0.991. The second kappa shape index (κ2) is 12.6. The Hall–Kier alpha value is -7.41. The maximum atomic E-state index is 6.70. The number of aromatic nitrogens is 3. The minimum Gasteiger partial charge on any atom is -0.456 e. The topological polar surface area (TPSA) is 65.0 Å². The fourth-order valence-electron chi connectivity index (χ4n) is 8.29. The van der Waals surface area contributed by atoms with Crippen LogP contribution in [0.15, 0.2) is 185 Å². The van der Waals surface area contributed by atoms with Crippen molar-refractivity contribution in [2.45, 2.75) is 0 Å². The molecule has 57 heavy (non-hydrogen) atoms. The number of fused-ring (bicyclic) bond motifs is 9. The molecule has 12 rings (SSSR count). The number of rotatable bonds is 5. The lowest BCUT2D eigenvalue weighted by molar-refractivity contribution is 0.669. The van der Waals surface area contributed by atoms with Gasteiger partial charge < -0.3 is 8.83 Å². The van der Waals surface area contributed by atoms with E-state index >= 15 is 0 Å². The molecule has 0 aliphatic heterocycles. The second-order valence-corrected chi connectivity index (χ2v) is 15.4. The Labute approximate surface area is 330 Å². The van der Waals surface area contributed by atoms with E-state index in [4.69, 9.17) is 23.8 Å². The summed E-state index contributed by atoms with van der Waals surface area (Å²) >= 11 is 1.84. The Morgan fingerprint density at radius 3 is 1.72 bits per heavy atom. The highest BCUT2D eigenvalue weighted by Crippen LogP contribution is 2.44. The van der Waals surface area contributed by atoms with Crippen molar-refractivity contribution in [3.63, 3.8) is 0 Å². The standard InChI is InChI=1S/C51H29N3O2S/c1-2-11-31(12-3-1)49-52-50(54-51(53-49)40-16-10-19-43-46(40)38-14-4-7-17-41(38)55-43)32-23-21-30(22-24-32)35-28-27-34(47-39-15-5-8-18-42(39)56-48(35)47)33-25-26-37-36-13-6-9-20-44(36)57-45(37)29-33/h1-29H. The van der Waals surface area contributed by atoms with Crippen molar-refractivity contribution in [1.29, 1.82) is 0 Å². The van der Waals surface area contributed by atoms with Gasteiger partial charge in [-0.1, -0.05) is 140 Å². The van der Waals surface area contributed by atoms with Gasteiger partial charge in [-0.05, 0) is 53.1 Å². The molecule has 12 aromatic rings. The van der Waals surface area contributed by atoms with Gasteiger partial charge in [0, 0.05) is 64.0 Å². The summed E-state index contributed by atoms with van der Waals surface area (Å²) in [6.45, 7) is 0. The molecule has 0 unspecified atom stereocenters. The third-order valence-electron chi connectivity index (χ3n) is 11.0. The molecule has 266 valence electrons. The molecule has 0 bridgehead atoms. The minimum atomic E-state index is 0.591. The van der Waals surface area contributed by atoms with Gasteiger partial charge in [-0.25, -0.2) is 15.0 Å². The molecular weight excluding hydrogens is 719 g/mol. The van der Waals surface area contributed by atoms with Crippen molar-refractivity contribution in [3.8, 4) is 56.4 Å². The van der Waals surface area contributed by atoms with Crippen molar-refractivity contribution < 1.29 is 8.83 Å². The van der Waals surface area contributed by atoms with Crippen LogP contribution in [0.25, 0.3) is 120 Å². The third kappa shape index (κ3) is 5.12. The van der Waals surface area contributed by atoms with E-state index in [-0.39, 0.29) is 0 Å². The highest BCUT2D eigenvalue weighted by Gasteiger charge is 2.20. The van der Waals surface area contributed by atoms with Gasteiger partial charge in [-0.2, -0.15) is 0 Å². The molecule has 0 atom stereocenters. The summed E-state index contributed by atoms with van der Waals surface area (Å²) in [5.74, 6) is 1.79. The quantitative estimate of drug-likeness (QED) is 0.175. The summed E-state index contributed by atoms with van der Waals surface area (Å²) in [6.07, 6.45) is 0. The molecule has 5 nitrogen and oxygen atoms in total. The normalized spacial score (nSPS) is 11.9. The first-order valence-corrected chi connectivity index (χ1v) is 19.7. The Bertz CT molecular complexity index is 3530. The second-order valence-electron chi connectivity index (χ2n) is 14.3. The van der Waals surface area contributed by atoms with Crippen LogP contribution in [0.1, 0.15) is 0 Å². The highest BCUT2D eigenvalue weighted by molar-refractivity contribution is 7.25. The molecule has 0 amide bonds. The first-order valence-electron chi connectivity index (χ1n) is 18.9. The largest absolute Gasteiger partial charge is 0.456 e. The maximum absolute atomic E-state index is 6.70. The molecule has 0 aliphatic carbocycles. The van der Waals surface area contributed by atoms with Gasteiger partial charge in [0.1, 0.15) is 22.3 Å². The Kier molecular flexibility index (Phi) is 7.03. The van der Waals surface area contributed by atoms with Crippen LogP contribution < -0.4 is 0 Å². The molecule has 8 aromatic carbocycles. The molecule has 0 spiro atoms. The van der Waals surface area contributed by atoms with E-state index in [1.165, 1.54) is 25.7 Å². The van der Waals surface area contributed by atoms with E-state index in [2.05, 4.69) is 109 Å². The van der Waals surface area contributed by atoms with E-state index in [0.717, 1.165) is 77.3 Å². The first kappa shape index (κ1) is 31.9. The highest BCUT2D eigenvalue weighted by atomic mass is 32.1. The van der Waals surface area contributed by atoms with Crippen molar-refractivity contribution in [2.75, 3.05) is 0 Å². The zero-order valence-electron chi connectivity index (χ0n) is 30.3. The first-order chi connectivity index (χ1) is 28.2. The lowest BCUT2D eigenvalue weighted by Gasteiger charge is -2.11. The number of para-hydroxylation sites is 2. The average Bonchev–Trinajstić information content (AvgIpc) is 3.98. The average molecular weight is 748 g/mol. The molecule has 0 fully saturated rings. The van der Waals surface area contributed by atoms with E-state index < -0.39 is 0 Å². The molecule has 0 saturated heterocycles. The predicted octanol–water partition coefficient (Wildman–Crippen LogP) is 14.4. The van der Waals surface area contributed by atoms with Gasteiger partial charge >= 0.3 is 0 Å². The molecule has 6 heteroatoms. The molecule has 0 aliphatic rings. The van der Waals surface area contributed by atoms with Crippen LogP contribution in [0.5, 0.6) is 0 Å². The van der Waals surface area contributed by atoms with Crippen LogP contribution >= 0.6 is 11.3 Å². The van der Waals surface area contributed by atoms with Gasteiger partial charge in [0.25, 0.3) is 0 Å². The summed E-state index contributed by atoms with van der Waals surface area (Å²) in [6, 6.07) is 60.9. The Morgan fingerprint density at radius 1 is 0.333 bits per heavy atom. The van der Waals surface area contributed by atoms with Gasteiger partial charge in [-0.15, -0.1) is 11.3 Å². The number of furan rings is 2. The van der Waals surface area contributed by atoms with E-state index in [1.54, 1.807) is 0 Å². The molecule has 0 saturated carbocycles. The van der Waals surface area contributed by atoms with Gasteiger partial charge in [0.2, 0.25) is 0 Å². The maximum Gasteiger partial charge on any atom is 0.164 e. The van der Waals surface area contributed by atoms with Crippen LogP contribution in [0.4, 0.5) is 0 Å². The lowest BCUT2D eigenvalue weighted by Crippen LogP contribution is -2.00. The van der Waals surface area contributed by atoms with Crippen LogP contribution in [-0.4, -0.2) is 15.0 Å². The smallest absolute Gasteiger partial charge is 0.164 e. The van der Waals surface area contributed by atoms with Gasteiger partial charge in [-0.3, -0.25) is 0 Å². The summed E-state index contributed by atoms with van der Waals surface area (Å²) in [5, 5.41) is 6.82. The number of hydrogen-bond acceptors (Lipinski definition) is 6. The summed E-state index contributed by atoms with van der Waals surface area (Å²) in [5.41, 5.74) is 10.5. The molecular formula is C51H29N3O2S. The molecule has 0 radical (unpaired) electrons. The molecule has 0 N–H and O–H groups in total. The number of nitrogens with zero attached hydrogens (tertiary/aromatic N) is 3. The van der Waals surface area contributed by atoms with Crippen LogP contribution in [0, 0.1) is 0 Å². The van der Waals surface area contributed by atoms with Crippen LogP contribution in [0.2, 0.25) is 0 Å². The molecule has 4 aromatic heterocycles. The van der Waals surface area contributed by atoms with Crippen molar-refractivity contribution in [2.24, 2.45) is 0 Å². The number of benzene rings is 8. The van der Waals surface area contributed by atoms with E-state index in [1.807, 2.05) is 78.1 Å². The van der Waals surface area contributed by atoms with Crippen molar-refractivity contribution in [3.05, 3.63) is 176 Å². The van der Waals surface area contributed by atoms with E-state index in [9.17, 15) is 0 Å². The van der Waals surface area contributed by atoms with Crippen LogP contribution in [-0.2, 0) is 0 Å². The summed E-state index contributed by atoms with van der Waals surface area (Å²) < 4.78 is 15.5. The number of hydrogen-bond donors (Lipinski definition) is 0. The summed E-state index contributed by atoms with van der Waals surface area (Å²) in [4.78, 5) is 15.2. The fraction of sp³-hybridized carbons (Fsp3) is 0. The fourth-order valence-corrected chi connectivity index (χ4v) is 9.44. The summed E-state index contributed by atoms with van der Waals surface area (Å²) in [7, 11) is 0. The molecule has 4 heterocycles. The van der Waals surface area contributed by atoms with Crippen molar-refractivity contribution in [1.82, 2.24) is 15.0 Å². The number of thiophene rings is 1. The predicted molar refractivity (Wildman–Crippen MR) is 234 cm³/mol.